The van der Waals surface area contributed by atoms with Gasteiger partial charge >= 0.3 is 0 Å². The Kier molecular flexibility index (Phi) is 22.6. The molecular formula is C44H50BrClN4O5. The van der Waals surface area contributed by atoms with Crippen LogP contribution in [0.15, 0.2) is 132 Å². The Morgan fingerprint density at radius 2 is 0.855 bits per heavy atom. The Morgan fingerprint density at radius 3 is 1.24 bits per heavy atom. The van der Waals surface area contributed by atoms with E-state index in [0.717, 1.165) is 63.2 Å². The van der Waals surface area contributed by atoms with Crippen LogP contribution < -0.4 is 27.7 Å². The van der Waals surface area contributed by atoms with Gasteiger partial charge in [0, 0.05) is 9.50 Å². The second kappa shape index (κ2) is 26.9. The summed E-state index contributed by atoms with van der Waals surface area (Å²) >= 11 is 9.01. The first-order valence-electron chi connectivity index (χ1n) is 17.6. The van der Waals surface area contributed by atoms with Crippen LogP contribution in [0.25, 0.3) is 0 Å². The molecule has 4 atom stereocenters. The van der Waals surface area contributed by atoms with Gasteiger partial charge in [-0.15, -0.1) is 0 Å². The van der Waals surface area contributed by atoms with E-state index in [4.69, 9.17) is 39.3 Å². The summed E-state index contributed by atoms with van der Waals surface area (Å²) in [5.41, 5.74) is 28.6. The molecule has 0 unspecified atom stereocenters. The molecule has 0 aromatic heterocycles. The van der Waals surface area contributed by atoms with Crippen molar-refractivity contribution in [1.82, 2.24) is 0 Å². The monoisotopic (exact) mass is 828 g/mol. The molecule has 55 heavy (non-hydrogen) atoms. The van der Waals surface area contributed by atoms with E-state index in [2.05, 4.69) is 15.9 Å². The number of benzene rings is 5. The molecule has 5 rings (SSSR count). The van der Waals surface area contributed by atoms with E-state index in [0.29, 0.717) is 37.3 Å². The van der Waals surface area contributed by atoms with Crippen molar-refractivity contribution >= 4 is 52.7 Å². The van der Waals surface area contributed by atoms with Crippen LogP contribution in [0.5, 0.6) is 5.75 Å². The highest BCUT2D eigenvalue weighted by Crippen LogP contribution is 2.15. The molecule has 0 spiro atoms. The minimum absolute atomic E-state index is 0.368. The zero-order chi connectivity index (χ0) is 40.4. The van der Waals surface area contributed by atoms with Gasteiger partial charge in [-0.2, -0.15) is 0 Å². The molecule has 9 nitrogen and oxygen atoms in total. The normalized spacial score (nSPS) is 12.3. The Morgan fingerprint density at radius 1 is 0.509 bits per heavy atom. The number of halogens is 2. The fraction of sp³-hybridized carbons (Fsp3) is 0.227. The van der Waals surface area contributed by atoms with E-state index < -0.39 is 12.1 Å². The quantitative estimate of drug-likeness (QED) is 0.0878. The molecule has 0 radical (unpaired) electrons. The number of nitrogens with two attached hydrogens (primary N) is 4. The van der Waals surface area contributed by atoms with Crippen molar-refractivity contribution in [2.45, 2.75) is 63.4 Å². The van der Waals surface area contributed by atoms with Crippen molar-refractivity contribution in [3.8, 4) is 5.75 Å². The number of carbonyl (C=O) groups excluding carboxylic acids is 4. The molecule has 0 heterocycles. The minimum atomic E-state index is -0.434. The van der Waals surface area contributed by atoms with Crippen molar-refractivity contribution < 1.29 is 23.9 Å². The van der Waals surface area contributed by atoms with Gasteiger partial charge < -0.3 is 46.8 Å². The Balaban J connectivity index is 0.000000260. The third-order valence-corrected chi connectivity index (χ3v) is 8.48. The van der Waals surface area contributed by atoms with Gasteiger partial charge in [0.1, 0.15) is 37.5 Å². The second-order valence-electron chi connectivity index (χ2n) is 12.7. The van der Waals surface area contributed by atoms with Gasteiger partial charge in [-0.1, -0.05) is 124 Å². The summed E-state index contributed by atoms with van der Waals surface area (Å²) in [6, 6.07) is 39.2. The lowest BCUT2D eigenvalue weighted by molar-refractivity contribution is -0.109. The molecule has 5 aromatic carbocycles. The zero-order valence-corrected chi connectivity index (χ0v) is 33.2. The number of hydrogen-bond donors (Lipinski definition) is 4. The fourth-order valence-corrected chi connectivity index (χ4v) is 5.10. The summed E-state index contributed by atoms with van der Waals surface area (Å²) < 4.78 is 6.71. The third kappa shape index (κ3) is 21.0. The van der Waals surface area contributed by atoms with Crippen LogP contribution in [0.1, 0.15) is 33.4 Å². The van der Waals surface area contributed by atoms with Crippen LogP contribution in [0, 0.1) is 6.92 Å². The highest BCUT2D eigenvalue weighted by Gasteiger charge is 2.04. The van der Waals surface area contributed by atoms with Crippen molar-refractivity contribution in [3.63, 3.8) is 0 Å². The molecule has 5 aromatic rings. The largest absolute Gasteiger partial charge is 0.489 e. The molecule has 0 saturated heterocycles. The van der Waals surface area contributed by atoms with E-state index in [1.165, 1.54) is 5.56 Å². The van der Waals surface area contributed by atoms with Gasteiger partial charge in [0.25, 0.3) is 0 Å². The van der Waals surface area contributed by atoms with E-state index >= 15 is 0 Å². The van der Waals surface area contributed by atoms with Crippen LogP contribution in [0.2, 0.25) is 5.02 Å². The SMILES string of the molecule is Cc1ccc(C[C@H](N)C=O)cc1.N[C@H](C=O)Cc1ccc(Br)cc1.N[C@H](C=O)Cc1ccc(Cl)cc1.N[C@H](C=O)Cc1ccc(OCc2ccccc2)cc1. The van der Waals surface area contributed by atoms with Crippen molar-refractivity contribution in [2.24, 2.45) is 22.9 Å². The zero-order valence-electron chi connectivity index (χ0n) is 30.9. The number of rotatable bonds is 15. The minimum Gasteiger partial charge on any atom is -0.489 e. The van der Waals surface area contributed by atoms with E-state index in [9.17, 15) is 19.2 Å². The molecular weight excluding hydrogens is 780 g/mol. The van der Waals surface area contributed by atoms with Crippen LogP contribution >= 0.6 is 27.5 Å². The molecule has 0 aliphatic carbocycles. The predicted octanol–water partition coefficient (Wildman–Crippen LogP) is 6.32. The summed E-state index contributed by atoms with van der Waals surface area (Å²) in [5, 5.41) is 0.693. The van der Waals surface area contributed by atoms with Crippen molar-refractivity contribution in [3.05, 3.63) is 170 Å². The lowest BCUT2D eigenvalue weighted by atomic mass is 10.1. The highest BCUT2D eigenvalue weighted by atomic mass is 79.9. The predicted molar refractivity (Wildman–Crippen MR) is 225 cm³/mol. The summed E-state index contributed by atoms with van der Waals surface area (Å²) in [4.78, 5) is 41.2. The van der Waals surface area contributed by atoms with Crippen molar-refractivity contribution in [2.75, 3.05) is 0 Å². The molecule has 0 aliphatic rings. The first-order valence-corrected chi connectivity index (χ1v) is 18.7. The van der Waals surface area contributed by atoms with E-state index in [-0.39, 0.29) is 12.1 Å². The number of hydrogen-bond acceptors (Lipinski definition) is 9. The van der Waals surface area contributed by atoms with Gasteiger partial charge in [0.05, 0.1) is 24.2 Å². The molecule has 0 amide bonds. The lowest BCUT2D eigenvalue weighted by Crippen LogP contribution is -2.23. The first kappa shape index (κ1) is 46.3. The molecule has 0 bridgehead atoms. The smallest absolute Gasteiger partial charge is 0.137 e. The van der Waals surface area contributed by atoms with Crippen molar-refractivity contribution in [1.29, 1.82) is 0 Å². The maximum Gasteiger partial charge on any atom is 0.137 e. The summed E-state index contributed by atoms with van der Waals surface area (Å²) in [7, 11) is 0. The summed E-state index contributed by atoms with van der Waals surface area (Å²) in [6.45, 7) is 2.58. The second-order valence-corrected chi connectivity index (χ2v) is 14.0. The molecule has 0 fully saturated rings. The Bertz CT molecular complexity index is 1670. The fourth-order valence-electron chi connectivity index (χ4n) is 4.71. The highest BCUT2D eigenvalue weighted by molar-refractivity contribution is 9.10. The molecule has 8 N–H and O–H groups in total. The molecule has 290 valence electrons. The number of carbonyl (C=O) groups is 4. The maximum atomic E-state index is 10.5. The summed E-state index contributed by atoms with van der Waals surface area (Å²) in [5.74, 6) is 0.812. The van der Waals surface area contributed by atoms with Gasteiger partial charge in [0.2, 0.25) is 0 Å². The van der Waals surface area contributed by atoms with Gasteiger partial charge in [-0.3, -0.25) is 0 Å². The maximum absolute atomic E-state index is 10.5. The van der Waals surface area contributed by atoms with Gasteiger partial charge in [-0.25, -0.2) is 0 Å². The topological polar surface area (TPSA) is 182 Å². The Labute approximate surface area is 337 Å². The van der Waals surface area contributed by atoms with E-state index in [1.54, 1.807) is 12.1 Å². The standard InChI is InChI=1S/C16H17NO2.C10H13NO.C9H10BrNO.C9H10ClNO/c17-15(11-18)10-13-6-8-16(9-7-13)19-12-14-4-2-1-3-5-14;1-8-2-4-9(5-3-8)6-10(11)7-12;2*10-8-3-1-7(2-4-8)5-9(11)6-12/h1-9,11,15H,10,12,17H2;2-5,7,10H,6,11H2,1H3;2*1-4,6,9H,5,11H2/t15-;10-;2*9-/m0000/s1. The molecule has 11 heteroatoms. The van der Waals surface area contributed by atoms with Crippen LogP contribution in [0.3, 0.4) is 0 Å². The Hall–Kier alpha value is -4.81. The van der Waals surface area contributed by atoms with Gasteiger partial charge in [0.15, 0.2) is 0 Å². The number of ether oxygens (including phenoxy) is 1. The van der Waals surface area contributed by atoms with Crippen LogP contribution in [-0.4, -0.2) is 49.3 Å². The number of aryl methyl sites for hydroxylation is 1. The lowest BCUT2D eigenvalue weighted by Gasteiger charge is -2.08. The average molecular weight is 830 g/mol. The van der Waals surface area contributed by atoms with E-state index in [1.807, 2.05) is 122 Å². The number of aldehydes is 4. The molecule has 0 aliphatic heterocycles. The summed E-state index contributed by atoms with van der Waals surface area (Å²) in [6.07, 6.45) is 5.42. The first-order chi connectivity index (χ1) is 26.4. The van der Waals surface area contributed by atoms with Crippen LogP contribution in [0.4, 0.5) is 0 Å². The average Bonchev–Trinajstić information content (AvgIpc) is 3.21. The molecule has 0 saturated carbocycles. The van der Waals surface area contributed by atoms with Gasteiger partial charge in [-0.05, 0) is 96.8 Å². The third-order valence-electron chi connectivity index (χ3n) is 7.70. The van der Waals surface area contributed by atoms with Crippen LogP contribution in [-0.2, 0) is 51.5 Å².